The van der Waals surface area contributed by atoms with Gasteiger partial charge in [0.15, 0.2) is 5.83 Å². The third-order valence-electron chi connectivity index (χ3n) is 2.07. The summed E-state index contributed by atoms with van der Waals surface area (Å²) in [5.74, 6) is -15.0. The summed E-state index contributed by atoms with van der Waals surface area (Å²) >= 11 is 0.965. The highest BCUT2D eigenvalue weighted by atomic mass is 32.2. The van der Waals surface area contributed by atoms with Gasteiger partial charge >= 0.3 is 18.0 Å². The average Bonchev–Trinajstić information content (AvgIpc) is 2.26. The van der Waals surface area contributed by atoms with Gasteiger partial charge in [0, 0.05) is 5.75 Å². The lowest BCUT2D eigenvalue weighted by molar-refractivity contribution is -0.347. The maximum Gasteiger partial charge on any atom is 0.460 e. The molecule has 0 aliphatic rings. The van der Waals surface area contributed by atoms with E-state index in [2.05, 4.69) is 0 Å². The summed E-state index contributed by atoms with van der Waals surface area (Å²) in [6.45, 7) is 1.84. The van der Waals surface area contributed by atoms with Crippen molar-refractivity contribution in [2.75, 3.05) is 11.5 Å². The molecule has 19 heavy (non-hydrogen) atoms. The first kappa shape index (κ1) is 18.5. The maximum atomic E-state index is 12.8. The fraction of sp³-hybridized carbons (Fsp3) is 0.800. The van der Waals surface area contributed by atoms with Gasteiger partial charge in [0.25, 0.3) is 0 Å². The molecule has 114 valence electrons. The van der Waals surface area contributed by atoms with E-state index in [1.165, 1.54) is 0 Å². The second kappa shape index (κ2) is 6.81. The van der Waals surface area contributed by atoms with E-state index in [4.69, 9.17) is 0 Å². The van der Waals surface area contributed by atoms with Gasteiger partial charge < -0.3 is 0 Å². The predicted molar refractivity (Wildman–Crippen MR) is 57.4 cm³/mol. The first-order chi connectivity index (χ1) is 8.48. The SMILES string of the molecule is CCCCSCC=C(F)C(F)(F)C(F)(F)C(F)(F)F. The molecule has 0 amide bonds. The molecule has 0 N–H and O–H groups in total. The summed E-state index contributed by atoms with van der Waals surface area (Å²) in [4.78, 5) is 0. The van der Waals surface area contributed by atoms with Crippen LogP contribution in [-0.2, 0) is 0 Å². The van der Waals surface area contributed by atoms with E-state index in [1.54, 1.807) is 0 Å². The van der Waals surface area contributed by atoms with Gasteiger partial charge in [-0.05, 0) is 18.2 Å². The van der Waals surface area contributed by atoms with Gasteiger partial charge in [-0.25, -0.2) is 4.39 Å². The second-order valence-corrected chi connectivity index (χ2v) is 4.78. The molecule has 0 aromatic rings. The molecule has 0 saturated heterocycles. The second-order valence-electron chi connectivity index (χ2n) is 3.63. The van der Waals surface area contributed by atoms with Gasteiger partial charge in [0.05, 0.1) is 0 Å². The molecule has 9 heteroatoms. The van der Waals surface area contributed by atoms with Crippen LogP contribution in [-0.4, -0.2) is 29.5 Å². The van der Waals surface area contributed by atoms with Gasteiger partial charge in [0.2, 0.25) is 0 Å². The van der Waals surface area contributed by atoms with E-state index in [-0.39, 0.29) is 6.08 Å². The van der Waals surface area contributed by atoms with E-state index in [9.17, 15) is 35.1 Å². The molecule has 0 bridgehead atoms. The van der Waals surface area contributed by atoms with E-state index < -0.39 is 29.6 Å². The van der Waals surface area contributed by atoms with Crippen molar-refractivity contribution in [3.8, 4) is 0 Å². The van der Waals surface area contributed by atoms with Crippen molar-refractivity contribution >= 4 is 11.8 Å². The number of rotatable bonds is 7. The van der Waals surface area contributed by atoms with Gasteiger partial charge in [-0.1, -0.05) is 13.3 Å². The lowest BCUT2D eigenvalue weighted by atomic mass is 10.1. The van der Waals surface area contributed by atoms with Crippen LogP contribution in [0.2, 0.25) is 0 Å². The van der Waals surface area contributed by atoms with Crippen molar-refractivity contribution in [1.82, 2.24) is 0 Å². The Bertz CT molecular complexity index is 307. The van der Waals surface area contributed by atoms with E-state index in [0.717, 1.165) is 18.2 Å². The standard InChI is InChI=1S/C10H12F8S/c1-2-3-5-19-6-4-7(11)8(12,13)9(14,15)10(16,17)18/h4H,2-3,5-6H2,1H3. The number of allylic oxidation sites excluding steroid dienone is 1. The molecule has 0 aromatic carbocycles. The highest BCUT2D eigenvalue weighted by molar-refractivity contribution is 7.99. The van der Waals surface area contributed by atoms with E-state index >= 15 is 0 Å². The Hall–Kier alpha value is -0.470. The highest BCUT2D eigenvalue weighted by Gasteiger charge is 2.74. The minimum Gasteiger partial charge on any atom is -0.205 e. The summed E-state index contributed by atoms with van der Waals surface area (Å²) in [6.07, 6.45) is -4.96. The van der Waals surface area contributed by atoms with Crippen molar-refractivity contribution in [3.63, 3.8) is 0 Å². The molecule has 0 radical (unpaired) electrons. The third kappa shape index (κ3) is 4.54. The Morgan fingerprint density at radius 1 is 1.05 bits per heavy atom. The molecular weight excluding hydrogens is 304 g/mol. The van der Waals surface area contributed by atoms with Crippen molar-refractivity contribution in [2.24, 2.45) is 0 Å². The van der Waals surface area contributed by atoms with Crippen LogP contribution in [0.1, 0.15) is 19.8 Å². The summed E-state index contributed by atoms with van der Waals surface area (Å²) in [7, 11) is 0. The quantitative estimate of drug-likeness (QED) is 0.459. The molecular formula is C10H12F8S. The first-order valence-corrected chi connectivity index (χ1v) is 6.40. The van der Waals surface area contributed by atoms with Gasteiger partial charge in [-0.2, -0.15) is 42.5 Å². The Balaban J connectivity index is 4.76. The zero-order valence-corrected chi connectivity index (χ0v) is 10.7. The number of hydrogen-bond donors (Lipinski definition) is 0. The summed E-state index contributed by atoms with van der Waals surface area (Å²) in [6, 6.07) is 0. The van der Waals surface area contributed by atoms with Crippen LogP contribution in [0.25, 0.3) is 0 Å². The number of halogens is 8. The lowest BCUT2D eigenvalue weighted by Crippen LogP contribution is -2.52. The molecule has 0 fully saturated rings. The van der Waals surface area contributed by atoms with Crippen LogP contribution in [0, 0.1) is 0 Å². The van der Waals surface area contributed by atoms with Gasteiger partial charge in [-0.3, -0.25) is 0 Å². The molecule has 0 saturated carbocycles. The molecule has 0 spiro atoms. The Morgan fingerprint density at radius 2 is 1.58 bits per heavy atom. The number of unbranched alkanes of at least 4 members (excludes halogenated alkanes) is 1. The van der Waals surface area contributed by atoms with Gasteiger partial charge in [0.1, 0.15) is 0 Å². The summed E-state index contributed by atoms with van der Waals surface area (Å²) < 4.78 is 98.4. The van der Waals surface area contributed by atoms with Crippen molar-refractivity contribution < 1.29 is 35.1 Å². The highest BCUT2D eigenvalue weighted by Crippen LogP contribution is 2.50. The van der Waals surface area contributed by atoms with Crippen LogP contribution >= 0.6 is 11.8 Å². The van der Waals surface area contributed by atoms with Gasteiger partial charge in [-0.15, -0.1) is 0 Å². The molecule has 0 atom stereocenters. The minimum absolute atomic E-state index is 0.0555. The number of hydrogen-bond acceptors (Lipinski definition) is 1. The minimum atomic E-state index is -6.52. The largest absolute Gasteiger partial charge is 0.460 e. The third-order valence-corrected chi connectivity index (χ3v) is 3.05. The Labute approximate surface area is 109 Å². The zero-order chi connectivity index (χ0) is 15.3. The maximum absolute atomic E-state index is 12.8. The van der Waals surface area contributed by atoms with Crippen molar-refractivity contribution in [2.45, 2.75) is 37.8 Å². The van der Waals surface area contributed by atoms with Crippen LogP contribution in [0.15, 0.2) is 11.9 Å². The molecule has 0 aliphatic carbocycles. The van der Waals surface area contributed by atoms with Crippen molar-refractivity contribution in [1.29, 1.82) is 0 Å². The summed E-state index contributed by atoms with van der Waals surface area (Å²) in [5, 5.41) is 0. The lowest BCUT2D eigenvalue weighted by Gasteiger charge is -2.26. The fourth-order valence-corrected chi connectivity index (χ4v) is 1.84. The normalized spacial score (nSPS) is 14.9. The molecule has 0 rings (SSSR count). The van der Waals surface area contributed by atoms with Crippen LogP contribution in [0.5, 0.6) is 0 Å². The van der Waals surface area contributed by atoms with Crippen LogP contribution in [0.3, 0.4) is 0 Å². The smallest absolute Gasteiger partial charge is 0.205 e. The average molecular weight is 316 g/mol. The number of alkyl halides is 7. The van der Waals surface area contributed by atoms with E-state index in [1.807, 2.05) is 6.92 Å². The zero-order valence-electron chi connectivity index (χ0n) is 9.84. The van der Waals surface area contributed by atoms with Crippen LogP contribution in [0.4, 0.5) is 35.1 Å². The Kier molecular flexibility index (Phi) is 6.64. The predicted octanol–water partition coefficient (Wildman–Crippen LogP) is 5.21. The summed E-state index contributed by atoms with van der Waals surface area (Å²) in [5.41, 5.74) is 0. The molecule has 0 aromatic heterocycles. The number of thioether (sulfide) groups is 1. The Morgan fingerprint density at radius 3 is 2.00 bits per heavy atom. The van der Waals surface area contributed by atoms with Crippen LogP contribution < -0.4 is 0 Å². The topological polar surface area (TPSA) is 0 Å². The molecule has 0 heterocycles. The first-order valence-electron chi connectivity index (χ1n) is 5.24. The molecule has 0 nitrogen and oxygen atoms in total. The monoisotopic (exact) mass is 316 g/mol. The molecule has 0 unspecified atom stereocenters. The van der Waals surface area contributed by atoms with E-state index in [0.29, 0.717) is 12.2 Å². The fourth-order valence-electron chi connectivity index (χ4n) is 0.918. The van der Waals surface area contributed by atoms with Crippen molar-refractivity contribution in [3.05, 3.63) is 11.9 Å². The molecule has 0 aliphatic heterocycles.